The van der Waals surface area contributed by atoms with Crippen molar-refractivity contribution in [3.63, 3.8) is 0 Å². The van der Waals surface area contributed by atoms with E-state index in [0.29, 0.717) is 12.3 Å². The summed E-state index contributed by atoms with van der Waals surface area (Å²) < 4.78 is 23.6. The van der Waals surface area contributed by atoms with Gasteiger partial charge in [0.15, 0.2) is 12.6 Å². The molecular weight excluding hydrogens is 744 g/mol. The van der Waals surface area contributed by atoms with E-state index in [4.69, 9.17) is 18.9 Å². The Kier molecular flexibility index (Phi) is 12.9. The molecule has 0 aromatic carbocycles. The monoisotopic (exact) mass is 816 g/mol. The molecule has 57 heavy (non-hydrogen) atoms. The van der Waals surface area contributed by atoms with Gasteiger partial charge in [0.25, 0.3) is 0 Å². The Hall–Kier alpha value is -0.860. The minimum absolute atomic E-state index is 0.0258. The van der Waals surface area contributed by atoms with Crippen LogP contribution in [0.4, 0.5) is 0 Å². The van der Waals surface area contributed by atoms with Gasteiger partial charge in [-0.2, -0.15) is 0 Å². The van der Waals surface area contributed by atoms with Gasteiger partial charge in [-0.1, -0.05) is 53.2 Å². The quantitative estimate of drug-likeness (QED) is 0.124. The minimum atomic E-state index is -1.67. The van der Waals surface area contributed by atoms with Crippen molar-refractivity contribution in [2.24, 2.45) is 45.3 Å². The lowest BCUT2D eigenvalue weighted by Crippen LogP contribution is -2.63. The first-order valence-corrected chi connectivity index (χ1v) is 21.1. The Morgan fingerprint density at radius 1 is 0.754 bits per heavy atom. The molecule has 2 aliphatic heterocycles. The average molecular weight is 817 g/mol. The molecule has 21 atom stereocenters. The summed E-state index contributed by atoms with van der Waals surface area (Å²) in [6.07, 6.45) is -11.0. The van der Waals surface area contributed by atoms with Gasteiger partial charge in [0, 0.05) is 5.41 Å². The van der Waals surface area contributed by atoms with Crippen LogP contribution in [0.3, 0.4) is 0 Å². The number of fused-ring (bicyclic) bond motifs is 5. The van der Waals surface area contributed by atoms with Crippen LogP contribution in [0.2, 0.25) is 0 Å². The largest absolute Gasteiger partial charge is 0.394 e. The van der Waals surface area contributed by atoms with Crippen molar-refractivity contribution in [1.82, 2.24) is 0 Å². The molecule has 0 amide bonds. The average Bonchev–Trinajstić information content (AvgIpc) is 3.43. The zero-order valence-corrected chi connectivity index (χ0v) is 34.9. The van der Waals surface area contributed by atoms with E-state index in [0.717, 1.165) is 38.5 Å². The Morgan fingerprint density at radius 3 is 1.96 bits per heavy atom. The third-order valence-corrected chi connectivity index (χ3v) is 16.7. The highest BCUT2D eigenvalue weighted by atomic mass is 16.7. The number of allylic oxidation sites excluding steroid dienone is 1. The maximum Gasteiger partial charge on any atom is 0.187 e. The van der Waals surface area contributed by atoms with E-state index in [1.807, 2.05) is 6.92 Å². The smallest absolute Gasteiger partial charge is 0.187 e. The van der Waals surface area contributed by atoms with E-state index < -0.39 is 110 Å². The minimum Gasteiger partial charge on any atom is -0.394 e. The molecule has 6 aliphatic rings. The summed E-state index contributed by atoms with van der Waals surface area (Å²) in [4.78, 5) is 0. The van der Waals surface area contributed by atoms with Gasteiger partial charge in [-0.05, 0) is 98.7 Å². The third kappa shape index (κ3) is 7.49. The molecule has 0 radical (unpaired) electrons. The van der Waals surface area contributed by atoms with E-state index >= 15 is 0 Å². The highest BCUT2D eigenvalue weighted by Crippen LogP contribution is 2.75. The molecule has 330 valence electrons. The lowest BCUT2D eigenvalue weighted by molar-refractivity contribution is -0.340. The fourth-order valence-corrected chi connectivity index (χ4v) is 12.7. The van der Waals surface area contributed by atoms with E-state index in [2.05, 4.69) is 40.7 Å². The summed E-state index contributed by atoms with van der Waals surface area (Å²) in [5.41, 5.74) is -0.959. The lowest BCUT2D eigenvalue weighted by Gasteiger charge is -2.66. The van der Waals surface area contributed by atoms with Crippen molar-refractivity contribution in [2.75, 3.05) is 13.2 Å². The molecule has 6 rings (SSSR count). The van der Waals surface area contributed by atoms with Crippen LogP contribution in [0, 0.1) is 45.3 Å². The van der Waals surface area contributed by atoms with Gasteiger partial charge < -0.3 is 75.1 Å². The Morgan fingerprint density at radius 2 is 1.35 bits per heavy atom. The standard InChI is InChI=1S/C42H72O15/c1-19(27(44)32(49)35(52)39(4,5)53)20-13-14-42(8)25-11-9-21-22(40(25,6)15-16-41(20,42)7)10-12-26(38(21,2)3)57-37-34(51)31(48)29(46)24(56-37)18-54-36-33(50)30(47)28(45)23(17-43)55-36/h9,19-20,22-37,43-53H,10-18H2,1-8H3/t19-,20+,22+,23+,24+,25+,26-,27-,28+,29+,30-,31-,32+,33+,34+,35+,36+,37-,40-,41+,42-/m0/s1. The number of aliphatic hydroxyl groups excluding tert-OH is 10. The second-order valence-corrected chi connectivity index (χ2v) is 20.4. The second kappa shape index (κ2) is 16.1. The van der Waals surface area contributed by atoms with Crippen LogP contribution in [0.5, 0.6) is 0 Å². The molecule has 0 bridgehead atoms. The summed E-state index contributed by atoms with van der Waals surface area (Å²) in [5.74, 6) is 0.434. The molecule has 5 fully saturated rings. The molecule has 0 aromatic heterocycles. The molecule has 15 nitrogen and oxygen atoms in total. The molecule has 4 aliphatic carbocycles. The van der Waals surface area contributed by atoms with Gasteiger partial charge in [0.2, 0.25) is 0 Å². The third-order valence-electron chi connectivity index (χ3n) is 16.7. The highest BCUT2D eigenvalue weighted by Gasteiger charge is 2.68. The SMILES string of the molecule is C[C@H]([C@H](O)[C@@H](O)[C@@H](O)C(C)(C)O)[C@H]1CC[C@@]2(C)[C@@H]3CC=C4[C@@H](CC[C@H](O[C@@H]5O[C@H](CO[C@@H]6O[C@H](CO)[C@@H](O)[C@H](O)[C@H]6O)[C@@H](O)[C@H](O)[C@H]5O)C4(C)C)[C@]3(C)CC[C@]12C. The van der Waals surface area contributed by atoms with Gasteiger partial charge in [-0.3, -0.25) is 0 Å². The van der Waals surface area contributed by atoms with Crippen molar-refractivity contribution in [1.29, 1.82) is 0 Å². The molecule has 15 heteroatoms. The summed E-state index contributed by atoms with van der Waals surface area (Å²) in [6, 6.07) is 0. The van der Waals surface area contributed by atoms with Crippen LogP contribution in [-0.4, -0.2) is 161 Å². The van der Waals surface area contributed by atoms with Gasteiger partial charge in [0.1, 0.15) is 61.0 Å². The highest BCUT2D eigenvalue weighted by molar-refractivity contribution is 5.30. The van der Waals surface area contributed by atoms with E-state index in [-0.39, 0.29) is 34.0 Å². The Balaban J connectivity index is 1.15. The molecule has 11 N–H and O–H groups in total. The molecule has 3 saturated carbocycles. The van der Waals surface area contributed by atoms with Gasteiger partial charge >= 0.3 is 0 Å². The van der Waals surface area contributed by atoms with E-state index in [1.54, 1.807) is 0 Å². The first kappa shape index (κ1) is 45.7. The number of hydrogen-bond acceptors (Lipinski definition) is 15. The lowest BCUT2D eigenvalue weighted by atomic mass is 9.39. The van der Waals surface area contributed by atoms with Crippen LogP contribution in [0.15, 0.2) is 11.6 Å². The molecule has 0 aromatic rings. The van der Waals surface area contributed by atoms with Crippen molar-refractivity contribution in [2.45, 2.75) is 192 Å². The van der Waals surface area contributed by atoms with Crippen molar-refractivity contribution < 1.29 is 75.1 Å². The maximum absolute atomic E-state index is 11.4. The van der Waals surface area contributed by atoms with E-state index in [9.17, 15) is 56.2 Å². The van der Waals surface area contributed by atoms with Crippen molar-refractivity contribution in [3.8, 4) is 0 Å². The van der Waals surface area contributed by atoms with Crippen molar-refractivity contribution in [3.05, 3.63) is 11.6 Å². The Bertz CT molecular complexity index is 1440. The van der Waals surface area contributed by atoms with Gasteiger partial charge in [-0.25, -0.2) is 0 Å². The number of aliphatic hydroxyl groups is 11. The zero-order chi connectivity index (χ0) is 42.4. The van der Waals surface area contributed by atoms with Crippen LogP contribution < -0.4 is 0 Å². The van der Waals surface area contributed by atoms with E-state index in [1.165, 1.54) is 19.4 Å². The second-order valence-electron chi connectivity index (χ2n) is 20.4. The number of hydrogen-bond donors (Lipinski definition) is 11. The summed E-state index contributed by atoms with van der Waals surface area (Å²) in [7, 11) is 0. The maximum atomic E-state index is 11.4. The van der Waals surface area contributed by atoms with Gasteiger partial charge in [-0.15, -0.1) is 0 Å². The normalized spacial score (nSPS) is 49.5. The first-order chi connectivity index (χ1) is 26.4. The molecule has 0 spiro atoms. The predicted molar refractivity (Wildman–Crippen MR) is 204 cm³/mol. The van der Waals surface area contributed by atoms with Crippen LogP contribution >= 0.6 is 0 Å². The fourth-order valence-electron chi connectivity index (χ4n) is 12.7. The molecule has 0 unspecified atom stereocenters. The fraction of sp³-hybridized carbons (Fsp3) is 0.952. The molecule has 2 heterocycles. The number of rotatable bonds is 11. The summed E-state index contributed by atoms with van der Waals surface area (Å²) in [6.45, 7) is 15.2. The first-order valence-electron chi connectivity index (χ1n) is 21.1. The molecule has 2 saturated heterocycles. The molecular formula is C42H72O15. The zero-order valence-electron chi connectivity index (χ0n) is 34.9. The van der Waals surface area contributed by atoms with Crippen LogP contribution in [0.25, 0.3) is 0 Å². The summed E-state index contributed by atoms with van der Waals surface area (Å²) >= 11 is 0. The topological polar surface area (TPSA) is 259 Å². The van der Waals surface area contributed by atoms with Crippen LogP contribution in [0.1, 0.15) is 100 Å². The van der Waals surface area contributed by atoms with Gasteiger partial charge in [0.05, 0.1) is 31.0 Å². The Labute approximate surface area is 336 Å². The van der Waals surface area contributed by atoms with Crippen LogP contribution in [-0.2, 0) is 18.9 Å². The number of ether oxygens (including phenoxy) is 4. The summed E-state index contributed by atoms with van der Waals surface area (Å²) in [5, 5.41) is 116. The predicted octanol–water partition coefficient (Wildman–Crippen LogP) is 0.0906. The van der Waals surface area contributed by atoms with Crippen molar-refractivity contribution >= 4 is 0 Å².